The lowest BCUT2D eigenvalue weighted by Crippen LogP contribution is -2.44. The van der Waals surface area contributed by atoms with Crippen LogP contribution in [0.3, 0.4) is 0 Å². The van der Waals surface area contributed by atoms with E-state index < -0.39 is 0 Å². The van der Waals surface area contributed by atoms with Crippen molar-refractivity contribution in [3.8, 4) is 0 Å². The minimum atomic E-state index is -0.266. The van der Waals surface area contributed by atoms with Crippen molar-refractivity contribution in [1.29, 1.82) is 0 Å². The van der Waals surface area contributed by atoms with Crippen LogP contribution in [0.15, 0.2) is 24.3 Å². The molecule has 0 radical (unpaired) electrons. The van der Waals surface area contributed by atoms with E-state index in [1.54, 1.807) is 9.80 Å². The summed E-state index contributed by atoms with van der Waals surface area (Å²) in [5.74, 6) is -0.300. The minimum Gasteiger partial charge on any atom is -0.355 e. The number of hydrogen-bond acceptors (Lipinski definition) is 3. The van der Waals surface area contributed by atoms with Crippen LogP contribution in [0.25, 0.3) is 0 Å². The number of carbonyl (C=O) groups excluding carboxylic acids is 3. The normalized spacial score (nSPS) is 16.1. The van der Waals surface area contributed by atoms with Gasteiger partial charge in [0.15, 0.2) is 0 Å². The molecule has 1 aliphatic rings. The van der Waals surface area contributed by atoms with Crippen LogP contribution in [0, 0.1) is 0 Å². The smallest absolute Gasteiger partial charge is 0.239 e. The van der Waals surface area contributed by atoms with Gasteiger partial charge in [0.25, 0.3) is 0 Å². The van der Waals surface area contributed by atoms with Crippen LogP contribution in [0.5, 0.6) is 0 Å². The third kappa shape index (κ3) is 4.59. The summed E-state index contributed by atoms with van der Waals surface area (Å²) in [5, 5.41) is 2.71. The second-order valence-corrected chi connectivity index (χ2v) is 6.24. The predicted molar refractivity (Wildman–Crippen MR) is 95.8 cm³/mol. The molecule has 136 valence electrons. The van der Waals surface area contributed by atoms with Gasteiger partial charge < -0.3 is 15.1 Å². The summed E-state index contributed by atoms with van der Waals surface area (Å²) >= 11 is 0. The fourth-order valence-corrected chi connectivity index (χ4v) is 3.35. The fourth-order valence-electron chi connectivity index (χ4n) is 3.35. The van der Waals surface area contributed by atoms with Crippen LogP contribution >= 0.6 is 0 Å². The van der Waals surface area contributed by atoms with E-state index in [1.807, 2.05) is 32.0 Å². The number of fused-ring (bicyclic) bond motifs is 1. The molecule has 0 aromatic heterocycles. The van der Waals surface area contributed by atoms with E-state index in [1.165, 1.54) is 12.5 Å². The van der Waals surface area contributed by atoms with E-state index in [0.29, 0.717) is 19.6 Å². The first-order valence-electron chi connectivity index (χ1n) is 8.87. The largest absolute Gasteiger partial charge is 0.355 e. The number of hydrogen-bond donors (Lipinski definition) is 1. The topological polar surface area (TPSA) is 69.7 Å². The first kappa shape index (κ1) is 19.0. The van der Waals surface area contributed by atoms with Gasteiger partial charge in [0.1, 0.15) is 0 Å². The van der Waals surface area contributed by atoms with Gasteiger partial charge in [0.2, 0.25) is 17.7 Å². The van der Waals surface area contributed by atoms with Gasteiger partial charge in [-0.1, -0.05) is 24.3 Å². The van der Waals surface area contributed by atoms with Gasteiger partial charge in [-0.15, -0.1) is 0 Å². The summed E-state index contributed by atoms with van der Waals surface area (Å²) in [6, 6.07) is 7.69. The van der Waals surface area contributed by atoms with Gasteiger partial charge in [-0.05, 0) is 31.4 Å². The summed E-state index contributed by atoms with van der Waals surface area (Å²) < 4.78 is 0. The third-order valence-corrected chi connectivity index (χ3v) is 4.63. The molecule has 1 atom stereocenters. The Morgan fingerprint density at radius 3 is 2.60 bits per heavy atom. The average Bonchev–Trinajstić information content (AvgIpc) is 2.59. The van der Waals surface area contributed by atoms with Crippen LogP contribution in [0.1, 0.15) is 44.4 Å². The van der Waals surface area contributed by atoms with Crippen molar-refractivity contribution >= 4 is 17.7 Å². The molecule has 1 unspecified atom stereocenters. The molecule has 0 spiro atoms. The molecule has 25 heavy (non-hydrogen) atoms. The average molecular weight is 345 g/mol. The van der Waals surface area contributed by atoms with Crippen LogP contribution < -0.4 is 5.32 Å². The van der Waals surface area contributed by atoms with Crippen molar-refractivity contribution in [3.05, 3.63) is 35.4 Å². The van der Waals surface area contributed by atoms with E-state index >= 15 is 0 Å². The lowest BCUT2D eigenvalue weighted by molar-refractivity contribution is -0.139. The monoisotopic (exact) mass is 345 g/mol. The van der Waals surface area contributed by atoms with Gasteiger partial charge >= 0.3 is 0 Å². The molecule has 3 amide bonds. The Labute approximate surface area is 149 Å². The Morgan fingerprint density at radius 2 is 1.96 bits per heavy atom. The third-order valence-electron chi connectivity index (χ3n) is 4.63. The van der Waals surface area contributed by atoms with E-state index in [2.05, 4.69) is 11.4 Å². The van der Waals surface area contributed by atoms with Crippen LogP contribution in [0.2, 0.25) is 0 Å². The van der Waals surface area contributed by atoms with Gasteiger partial charge in [0.05, 0.1) is 19.0 Å². The summed E-state index contributed by atoms with van der Waals surface area (Å²) in [4.78, 5) is 39.9. The summed E-state index contributed by atoms with van der Waals surface area (Å²) in [6.07, 6.45) is 1.00. The molecular weight excluding hydrogens is 318 g/mol. The molecule has 0 aliphatic carbocycles. The van der Waals surface area contributed by atoms with Crippen molar-refractivity contribution in [2.45, 2.75) is 39.7 Å². The molecule has 1 N–H and O–H groups in total. The standard InChI is InChI=1S/C19H27N3O3/c1-4-20-18(24)13-21(5-2)19(25)12-17-16-9-7-6-8-15(16)10-11-22(17)14(3)23/h6-9,17H,4-5,10-13H2,1-3H3,(H,20,24). The zero-order chi connectivity index (χ0) is 18.4. The highest BCUT2D eigenvalue weighted by Gasteiger charge is 2.32. The molecule has 6 nitrogen and oxygen atoms in total. The van der Waals surface area contributed by atoms with Gasteiger partial charge in [-0.2, -0.15) is 0 Å². The molecule has 1 aliphatic heterocycles. The quantitative estimate of drug-likeness (QED) is 0.850. The minimum absolute atomic E-state index is 0.0286. The number of likely N-dealkylation sites (N-methyl/N-ethyl adjacent to an activating group) is 2. The second kappa shape index (κ2) is 8.65. The molecule has 1 aromatic rings. The Morgan fingerprint density at radius 1 is 1.24 bits per heavy atom. The molecule has 0 bridgehead atoms. The van der Waals surface area contributed by atoms with Crippen LogP contribution in [-0.2, 0) is 20.8 Å². The fraction of sp³-hybridized carbons (Fsp3) is 0.526. The Kier molecular flexibility index (Phi) is 6.56. The highest BCUT2D eigenvalue weighted by Crippen LogP contribution is 2.32. The number of nitrogens with zero attached hydrogens (tertiary/aromatic N) is 2. The van der Waals surface area contributed by atoms with Crippen LogP contribution in [-0.4, -0.2) is 53.7 Å². The number of rotatable bonds is 6. The predicted octanol–water partition coefficient (Wildman–Crippen LogP) is 1.51. The van der Waals surface area contributed by atoms with E-state index in [-0.39, 0.29) is 36.7 Å². The van der Waals surface area contributed by atoms with Gasteiger partial charge in [-0.25, -0.2) is 0 Å². The zero-order valence-corrected chi connectivity index (χ0v) is 15.2. The highest BCUT2D eigenvalue weighted by atomic mass is 16.2. The van der Waals surface area contributed by atoms with E-state index in [9.17, 15) is 14.4 Å². The van der Waals surface area contributed by atoms with E-state index in [0.717, 1.165) is 12.0 Å². The molecule has 1 heterocycles. The maximum absolute atomic E-state index is 12.8. The summed E-state index contributed by atoms with van der Waals surface area (Å²) in [7, 11) is 0. The molecule has 0 saturated carbocycles. The highest BCUT2D eigenvalue weighted by molar-refractivity contribution is 5.85. The van der Waals surface area contributed by atoms with Gasteiger partial charge in [-0.3, -0.25) is 14.4 Å². The number of benzene rings is 1. The molecular formula is C19H27N3O3. The van der Waals surface area contributed by atoms with Crippen molar-refractivity contribution in [1.82, 2.24) is 15.1 Å². The molecule has 2 rings (SSSR count). The number of carbonyl (C=O) groups is 3. The first-order valence-corrected chi connectivity index (χ1v) is 8.87. The molecule has 6 heteroatoms. The first-order chi connectivity index (χ1) is 12.0. The van der Waals surface area contributed by atoms with Crippen molar-refractivity contribution in [3.63, 3.8) is 0 Å². The Balaban J connectivity index is 2.18. The maximum atomic E-state index is 12.8. The summed E-state index contributed by atoms with van der Waals surface area (Å²) in [6.45, 7) is 6.92. The number of nitrogens with one attached hydrogen (secondary N) is 1. The zero-order valence-electron chi connectivity index (χ0n) is 15.2. The lowest BCUT2D eigenvalue weighted by Gasteiger charge is -2.37. The molecule has 0 fully saturated rings. The maximum Gasteiger partial charge on any atom is 0.239 e. The molecule has 0 saturated heterocycles. The Hall–Kier alpha value is -2.37. The van der Waals surface area contributed by atoms with Crippen LogP contribution in [0.4, 0.5) is 0 Å². The molecule has 1 aromatic carbocycles. The second-order valence-electron chi connectivity index (χ2n) is 6.24. The van der Waals surface area contributed by atoms with E-state index in [4.69, 9.17) is 0 Å². The Bertz CT molecular complexity index is 645. The van der Waals surface area contributed by atoms with Gasteiger partial charge in [0, 0.05) is 26.6 Å². The SMILES string of the molecule is CCNC(=O)CN(CC)C(=O)CC1c2ccccc2CCN1C(C)=O. The lowest BCUT2D eigenvalue weighted by atomic mass is 9.90. The van der Waals surface area contributed by atoms with Crippen molar-refractivity contribution in [2.24, 2.45) is 0 Å². The van der Waals surface area contributed by atoms with Crippen molar-refractivity contribution < 1.29 is 14.4 Å². The summed E-state index contributed by atoms with van der Waals surface area (Å²) in [5.41, 5.74) is 2.22. The van der Waals surface area contributed by atoms with Crippen molar-refractivity contribution in [2.75, 3.05) is 26.2 Å². The number of amides is 3.